The molecule has 0 saturated heterocycles. The van der Waals surface area contributed by atoms with Crippen LogP contribution in [0.3, 0.4) is 0 Å². The second-order valence-electron chi connectivity index (χ2n) is 5.28. The van der Waals surface area contributed by atoms with Gasteiger partial charge in [-0.15, -0.1) is 0 Å². The first kappa shape index (κ1) is 12.0. The lowest BCUT2D eigenvalue weighted by molar-refractivity contribution is 0.830. The summed E-state index contributed by atoms with van der Waals surface area (Å²) in [6.45, 7) is 5.33. The van der Waals surface area contributed by atoms with Gasteiger partial charge in [-0.2, -0.15) is 0 Å². The van der Waals surface area contributed by atoms with Crippen LogP contribution in [0.4, 0.5) is 0 Å². The second-order valence-corrected chi connectivity index (χ2v) is 5.28. The van der Waals surface area contributed by atoms with E-state index in [2.05, 4.69) is 59.9 Å². The van der Waals surface area contributed by atoms with Crippen LogP contribution >= 0.6 is 0 Å². The zero-order valence-corrected chi connectivity index (χ0v) is 11.4. The van der Waals surface area contributed by atoms with Gasteiger partial charge in [0.15, 0.2) is 0 Å². The summed E-state index contributed by atoms with van der Waals surface area (Å²) in [7, 11) is 0. The Bertz CT molecular complexity index is 681. The molecule has 0 atom stereocenters. The summed E-state index contributed by atoms with van der Waals surface area (Å²) in [5.41, 5.74) is 3.91. The third kappa shape index (κ3) is 2.39. The first-order valence-electron chi connectivity index (χ1n) is 6.72. The molecule has 0 fully saturated rings. The van der Waals surface area contributed by atoms with Gasteiger partial charge in [0.2, 0.25) is 0 Å². The second kappa shape index (κ2) is 4.88. The Morgan fingerprint density at radius 2 is 2.05 bits per heavy atom. The lowest BCUT2D eigenvalue weighted by Gasteiger charge is -2.08. The van der Waals surface area contributed by atoms with Crippen LogP contribution < -0.4 is 0 Å². The maximum atomic E-state index is 4.17. The van der Waals surface area contributed by atoms with Gasteiger partial charge in [0.1, 0.15) is 0 Å². The van der Waals surface area contributed by atoms with Crippen molar-refractivity contribution in [2.24, 2.45) is 0 Å². The average Bonchev–Trinajstić information content (AvgIpc) is 2.82. The summed E-state index contributed by atoms with van der Waals surface area (Å²) in [6, 6.07) is 13.0. The molecule has 0 radical (unpaired) electrons. The molecule has 2 heterocycles. The number of pyridine rings is 1. The Morgan fingerprint density at radius 3 is 2.79 bits per heavy atom. The van der Waals surface area contributed by atoms with Crippen LogP contribution in [0.5, 0.6) is 0 Å². The summed E-state index contributed by atoms with van der Waals surface area (Å²) in [6.07, 6.45) is 5.89. The highest BCUT2D eigenvalue weighted by Gasteiger charge is 2.05. The van der Waals surface area contributed by atoms with E-state index >= 15 is 0 Å². The molecule has 0 aliphatic carbocycles. The molecule has 0 N–H and O–H groups in total. The van der Waals surface area contributed by atoms with Crippen molar-refractivity contribution < 1.29 is 0 Å². The molecule has 0 bridgehead atoms. The van der Waals surface area contributed by atoms with Crippen molar-refractivity contribution in [3.63, 3.8) is 0 Å². The maximum absolute atomic E-state index is 4.17. The normalized spacial score (nSPS) is 11.3. The number of benzene rings is 1. The number of aromatic nitrogens is 2. The Kier molecular flexibility index (Phi) is 3.08. The predicted octanol–water partition coefficient (Wildman–Crippen LogP) is 4.21. The molecule has 0 unspecified atom stereocenters. The Morgan fingerprint density at radius 1 is 1.16 bits per heavy atom. The molecule has 1 aromatic carbocycles. The average molecular weight is 250 g/mol. The number of rotatable bonds is 3. The zero-order chi connectivity index (χ0) is 13.2. The molecule has 0 aliphatic rings. The van der Waals surface area contributed by atoms with Crippen LogP contribution in [0, 0.1) is 0 Å². The van der Waals surface area contributed by atoms with E-state index in [0.717, 1.165) is 6.54 Å². The molecule has 2 nitrogen and oxygen atoms in total. The summed E-state index contributed by atoms with van der Waals surface area (Å²) < 4.78 is 2.27. The van der Waals surface area contributed by atoms with Crippen LogP contribution in [-0.2, 0) is 6.54 Å². The molecule has 3 aromatic rings. The van der Waals surface area contributed by atoms with E-state index in [-0.39, 0.29) is 0 Å². The quantitative estimate of drug-likeness (QED) is 0.681. The lowest BCUT2D eigenvalue weighted by atomic mass is 10.0. The van der Waals surface area contributed by atoms with E-state index < -0.39 is 0 Å². The van der Waals surface area contributed by atoms with Gasteiger partial charge in [0.05, 0.1) is 0 Å². The fourth-order valence-corrected chi connectivity index (χ4v) is 2.40. The Labute approximate surface area is 113 Å². The lowest BCUT2D eigenvalue weighted by Crippen LogP contribution is -1.98. The standard InChI is InChI=1S/C17H18N2/c1-13(2)15-5-6-17-16(10-15)7-9-19(17)12-14-4-3-8-18-11-14/h3-11,13H,12H2,1-2H3. The van der Waals surface area contributed by atoms with E-state index in [1.54, 1.807) is 0 Å². The first-order chi connectivity index (χ1) is 9.24. The van der Waals surface area contributed by atoms with Gasteiger partial charge in [-0.25, -0.2) is 0 Å². The van der Waals surface area contributed by atoms with Crippen molar-refractivity contribution in [3.05, 3.63) is 66.1 Å². The van der Waals surface area contributed by atoms with E-state index in [1.165, 1.54) is 22.0 Å². The highest BCUT2D eigenvalue weighted by Crippen LogP contribution is 2.22. The molecule has 96 valence electrons. The number of hydrogen-bond acceptors (Lipinski definition) is 1. The third-order valence-electron chi connectivity index (χ3n) is 3.54. The van der Waals surface area contributed by atoms with Gasteiger partial charge in [-0.05, 0) is 46.7 Å². The van der Waals surface area contributed by atoms with Crippen LogP contribution in [0.15, 0.2) is 55.0 Å². The fourth-order valence-electron chi connectivity index (χ4n) is 2.40. The van der Waals surface area contributed by atoms with Gasteiger partial charge in [-0.3, -0.25) is 4.98 Å². The number of nitrogens with zero attached hydrogens (tertiary/aromatic N) is 2. The number of fused-ring (bicyclic) bond motifs is 1. The topological polar surface area (TPSA) is 17.8 Å². The van der Waals surface area contributed by atoms with Gasteiger partial charge in [-0.1, -0.05) is 26.0 Å². The van der Waals surface area contributed by atoms with Crippen molar-refractivity contribution in [1.82, 2.24) is 9.55 Å². The number of hydrogen-bond donors (Lipinski definition) is 0. The minimum atomic E-state index is 0.575. The largest absolute Gasteiger partial charge is 0.343 e. The van der Waals surface area contributed by atoms with Crippen molar-refractivity contribution in [2.75, 3.05) is 0 Å². The van der Waals surface area contributed by atoms with Gasteiger partial charge in [0.25, 0.3) is 0 Å². The molecular weight excluding hydrogens is 232 g/mol. The fraction of sp³-hybridized carbons (Fsp3) is 0.235. The first-order valence-corrected chi connectivity index (χ1v) is 6.72. The van der Waals surface area contributed by atoms with Crippen LogP contribution in [-0.4, -0.2) is 9.55 Å². The minimum Gasteiger partial charge on any atom is -0.343 e. The molecule has 2 heteroatoms. The van der Waals surface area contributed by atoms with Crippen molar-refractivity contribution >= 4 is 10.9 Å². The molecule has 19 heavy (non-hydrogen) atoms. The third-order valence-corrected chi connectivity index (χ3v) is 3.54. The van der Waals surface area contributed by atoms with Crippen molar-refractivity contribution in [1.29, 1.82) is 0 Å². The highest BCUT2D eigenvalue weighted by molar-refractivity contribution is 5.81. The smallest absolute Gasteiger partial charge is 0.0491 e. The highest BCUT2D eigenvalue weighted by atomic mass is 15.0. The molecule has 0 spiro atoms. The molecule has 0 amide bonds. The molecule has 2 aromatic heterocycles. The summed E-state index contributed by atoms with van der Waals surface area (Å²) in [5, 5.41) is 1.31. The van der Waals surface area contributed by atoms with Crippen LogP contribution in [0.2, 0.25) is 0 Å². The van der Waals surface area contributed by atoms with Gasteiger partial charge < -0.3 is 4.57 Å². The van der Waals surface area contributed by atoms with Gasteiger partial charge in [0, 0.05) is 30.7 Å². The summed E-state index contributed by atoms with van der Waals surface area (Å²) in [5.74, 6) is 0.575. The summed E-state index contributed by atoms with van der Waals surface area (Å²) in [4.78, 5) is 4.17. The minimum absolute atomic E-state index is 0.575. The Balaban J connectivity index is 1.97. The van der Waals surface area contributed by atoms with E-state index in [0.29, 0.717) is 5.92 Å². The summed E-state index contributed by atoms with van der Waals surface area (Å²) >= 11 is 0. The van der Waals surface area contributed by atoms with E-state index in [9.17, 15) is 0 Å². The van der Waals surface area contributed by atoms with Crippen LogP contribution in [0.25, 0.3) is 10.9 Å². The monoisotopic (exact) mass is 250 g/mol. The molecule has 3 rings (SSSR count). The molecular formula is C17H18N2. The maximum Gasteiger partial charge on any atom is 0.0491 e. The SMILES string of the molecule is CC(C)c1ccc2c(ccn2Cc2cccnc2)c1. The Hall–Kier alpha value is -2.09. The van der Waals surface area contributed by atoms with Gasteiger partial charge >= 0.3 is 0 Å². The van der Waals surface area contributed by atoms with Crippen molar-refractivity contribution in [2.45, 2.75) is 26.3 Å². The van der Waals surface area contributed by atoms with Crippen LogP contribution in [0.1, 0.15) is 30.9 Å². The zero-order valence-electron chi connectivity index (χ0n) is 11.4. The van der Waals surface area contributed by atoms with E-state index in [1.807, 2.05) is 18.5 Å². The molecule has 0 saturated carbocycles. The van der Waals surface area contributed by atoms with Crippen molar-refractivity contribution in [3.8, 4) is 0 Å². The van der Waals surface area contributed by atoms with E-state index in [4.69, 9.17) is 0 Å². The molecule has 0 aliphatic heterocycles. The predicted molar refractivity (Wildman–Crippen MR) is 79.4 cm³/mol.